The lowest BCUT2D eigenvalue weighted by Gasteiger charge is -2.32. The van der Waals surface area contributed by atoms with E-state index in [0.717, 1.165) is 32.1 Å². The molecule has 8 heteroatoms. The molecule has 2 saturated heterocycles. The van der Waals surface area contributed by atoms with Gasteiger partial charge in [-0.25, -0.2) is 0 Å². The number of nitrogens with one attached hydrogen (secondary N) is 1. The van der Waals surface area contributed by atoms with Gasteiger partial charge in [-0.3, -0.25) is 0 Å². The summed E-state index contributed by atoms with van der Waals surface area (Å²) in [5, 5.41) is 3.56. The zero-order chi connectivity index (χ0) is 23.1. The zero-order valence-corrected chi connectivity index (χ0v) is 21.0. The maximum atomic E-state index is 6.25. The Kier molecular flexibility index (Phi) is 4.91. The van der Waals surface area contributed by atoms with E-state index >= 15 is 0 Å². The number of anilines is 2. The van der Waals surface area contributed by atoms with Gasteiger partial charge < -0.3 is 23.9 Å². The van der Waals surface area contributed by atoms with Crippen LogP contribution in [0.3, 0.4) is 0 Å². The molecular weight excluding hydrogens is 420 g/mol. The van der Waals surface area contributed by atoms with Crippen LogP contribution in [0, 0.1) is 0 Å². The maximum absolute atomic E-state index is 6.25. The maximum Gasteiger partial charge on any atom is 0.494 e. The van der Waals surface area contributed by atoms with Crippen LogP contribution in [-0.2, 0) is 18.6 Å². The molecule has 0 amide bonds. The Balaban J connectivity index is 1.40. The number of benzene rings is 2. The van der Waals surface area contributed by atoms with Crippen LogP contribution < -0.4 is 16.2 Å². The minimum atomic E-state index is -0.372. The van der Waals surface area contributed by atoms with E-state index in [1.54, 1.807) is 11.8 Å². The van der Waals surface area contributed by atoms with E-state index in [-0.39, 0.29) is 36.6 Å². The van der Waals surface area contributed by atoms with Gasteiger partial charge >= 0.3 is 14.2 Å². The van der Waals surface area contributed by atoms with Crippen LogP contribution in [0.1, 0.15) is 55.4 Å². The van der Waals surface area contributed by atoms with Gasteiger partial charge in [0, 0.05) is 9.79 Å². The van der Waals surface area contributed by atoms with Crippen LogP contribution in [0.2, 0.25) is 0 Å². The lowest BCUT2D eigenvalue weighted by Crippen LogP contribution is -2.41. The van der Waals surface area contributed by atoms with Crippen molar-refractivity contribution in [3.8, 4) is 0 Å². The molecule has 3 aliphatic heterocycles. The predicted molar refractivity (Wildman–Crippen MR) is 132 cm³/mol. The summed E-state index contributed by atoms with van der Waals surface area (Å²) in [4.78, 5) is 2.30. The van der Waals surface area contributed by atoms with Crippen molar-refractivity contribution in [2.75, 3.05) is 5.32 Å². The van der Waals surface area contributed by atoms with Crippen LogP contribution in [0.15, 0.2) is 46.2 Å². The molecule has 5 rings (SSSR count). The monoisotopic (exact) mass is 451 g/mol. The van der Waals surface area contributed by atoms with E-state index in [2.05, 4.69) is 97.1 Å². The van der Waals surface area contributed by atoms with Crippen molar-refractivity contribution < 1.29 is 18.6 Å². The molecule has 0 atom stereocenters. The molecule has 3 aliphatic rings. The van der Waals surface area contributed by atoms with Gasteiger partial charge in [-0.05, 0) is 90.6 Å². The van der Waals surface area contributed by atoms with Crippen LogP contribution >= 0.6 is 11.8 Å². The van der Waals surface area contributed by atoms with Crippen LogP contribution in [0.4, 0.5) is 11.4 Å². The third-order valence-corrected chi connectivity index (χ3v) is 8.67. The Bertz CT molecular complexity index is 970. The highest BCUT2D eigenvalue weighted by Gasteiger charge is 2.53. The zero-order valence-electron chi connectivity index (χ0n) is 20.2. The first-order chi connectivity index (χ1) is 14.8. The molecule has 5 nitrogen and oxygen atoms in total. The largest absolute Gasteiger partial charge is 0.494 e. The second-order valence-corrected chi connectivity index (χ2v) is 12.0. The highest BCUT2D eigenvalue weighted by atomic mass is 32.2. The average molecular weight is 451 g/mol. The summed E-state index contributed by atoms with van der Waals surface area (Å²) in [5.74, 6) is 0. The average Bonchev–Trinajstić information content (AvgIpc) is 3.05. The molecular formula is C24H31B2NO4S. The van der Waals surface area contributed by atoms with Crippen LogP contribution in [0.25, 0.3) is 0 Å². The van der Waals surface area contributed by atoms with Crippen LogP contribution in [-0.4, -0.2) is 36.6 Å². The molecule has 1 N–H and O–H groups in total. The number of fused-ring (bicyclic) bond motifs is 2. The molecule has 32 heavy (non-hydrogen) atoms. The Morgan fingerprint density at radius 1 is 0.594 bits per heavy atom. The van der Waals surface area contributed by atoms with Gasteiger partial charge in [0.2, 0.25) is 0 Å². The summed E-state index contributed by atoms with van der Waals surface area (Å²) in [7, 11) is -0.744. The SMILES string of the molecule is CC1(C)OB(c2ccc3c(c2)Sc2cc(B4OC(C)(C)C(C)(C)O4)ccc2N3)OC1(C)C. The summed E-state index contributed by atoms with van der Waals surface area (Å²) in [5.41, 5.74) is 2.81. The van der Waals surface area contributed by atoms with Crippen molar-refractivity contribution in [3.63, 3.8) is 0 Å². The first-order valence-electron chi connectivity index (χ1n) is 11.2. The topological polar surface area (TPSA) is 49.0 Å². The van der Waals surface area contributed by atoms with Gasteiger partial charge in [0.05, 0.1) is 33.8 Å². The molecule has 0 spiro atoms. The third kappa shape index (κ3) is 3.51. The van der Waals surface area contributed by atoms with Gasteiger partial charge in [-0.1, -0.05) is 23.9 Å². The van der Waals surface area contributed by atoms with Crippen molar-refractivity contribution in [2.24, 2.45) is 0 Å². The van der Waals surface area contributed by atoms with Crippen LogP contribution in [0.5, 0.6) is 0 Å². The van der Waals surface area contributed by atoms with Crippen molar-refractivity contribution in [1.82, 2.24) is 0 Å². The molecule has 2 fully saturated rings. The number of rotatable bonds is 2. The van der Waals surface area contributed by atoms with E-state index in [1.165, 1.54) is 0 Å². The Morgan fingerprint density at radius 3 is 1.28 bits per heavy atom. The minimum absolute atomic E-state index is 0.358. The van der Waals surface area contributed by atoms with Crippen molar-refractivity contribution in [2.45, 2.75) is 87.6 Å². The standard InChI is InChI=1S/C24H31B2NO4S/c1-21(2)22(3,4)29-25(28-21)15-9-11-17-19(13-15)32-20-14-16(10-12-18(20)27-17)26-30-23(5,6)24(7,8)31-26/h9-14,27H,1-8H3. The van der Waals surface area contributed by atoms with E-state index in [4.69, 9.17) is 18.6 Å². The summed E-state index contributed by atoms with van der Waals surface area (Å²) in [6.45, 7) is 16.6. The minimum Gasteiger partial charge on any atom is -0.399 e. The normalized spacial score (nSPS) is 24.1. The quantitative estimate of drug-likeness (QED) is 0.580. The molecule has 0 radical (unpaired) electrons. The van der Waals surface area contributed by atoms with Crippen molar-refractivity contribution in [1.29, 1.82) is 0 Å². The first-order valence-corrected chi connectivity index (χ1v) is 12.0. The molecule has 0 saturated carbocycles. The van der Waals surface area contributed by atoms with Gasteiger partial charge in [-0.15, -0.1) is 0 Å². The first kappa shape index (κ1) is 22.4. The van der Waals surface area contributed by atoms with Gasteiger partial charge in [0.1, 0.15) is 0 Å². The van der Waals surface area contributed by atoms with Gasteiger partial charge in [0.25, 0.3) is 0 Å². The molecule has 3 heterocycles. The fourth-order valence-electron chi connectivity index (χ4n) is 3.97. The van der Waals surface area contributed by atoms with Crippen molar-refractivity contribution >= 4 is 48.3 Å². The summed E-state index contributed by atoms with van der Waals surface area (Å²) < 4.78 is 25.0. The third-order valence-electron chi connectivity index (χ3n) is 7.55. The highest BCUT2D eigenvalue weighted by molar-refractivity contribution is 7.99. The summed E-state index contributed by atoms with van der Waals surface area (Å²) >= 11 is 1.74. The molecule has 0 unspecified atom stereocenters. The Labute approximate surface area is 196 Å². The summed E-state index contributed by atoms with van der Waals surface area (Å²) in [6.07, 6.45) is 0. The molecule has 2 aromatic carbocycles. The lowest BCUT2D eigenvalue weighted by molar-refractivity contribution is 0.00578. The fourth-order valence-corrected chi connectivity index (χ4v) is 5.05. The second-order valence-electron chi connectivity index (χ2n) is 10.9. The highest BCUT2D eigenvalue weighted by Crippen LogP contribution is 2.44. The summed E-state index contributed by atoms with van der Waals surface area (Å²) in [6, 6.07) is 12.7. The predicted octanol–water partition coefficient (Wildman–Crippen LogP) is 4.49. The van der Waals surface area contributed by atoms with E-state index in [9.17, 15) is 0 Å². The van der Waals surface area contributed by atoms with Gasteiger partial charge in [0.15, 0.2) is 0 Å². The van der Waals surface area contributed by atoms with E-state index in [0.29, 0.717) is 0 Å². The van der Waals surface area contributed by atoms with Gasteiger partial charge in [-0.2, -0.15) is 0 Å². The van der Waals surface area contributed by atoms with E-state index in [1.807, 2.05) is 0 Å². The molecule has 2 aromatic rings. The Hall–Kier alpha value is -1.44. The molecule has 0 bridgehead atoms. The Morgan fingerprint density at radius 2 is 0.938 bits per heavy atom. The number of hydrogen-bond donors (Lipinski definition) is 1. The lowest BCUT2D eigenvalue weighted by atomic mass is 9.79. The molecule has 0 aromatic heterocycles. The molecule has 168 valence electrons. The van der Waals surface area contributed by atoms with Crippen molar-refractivity contribution in [3.05, 3.63) is 36.4 Å². The number of hydrogen-bond acceptors (Lipinski definition) is 6. The molecule has 0 aliphatic carbocycles. The second kappa shape index (κ2) is 7.03. The smallest absolute Gasteiger partial charge is 0.399 e. The fraction of sp³-hybridized carbons (Fsp3) is 0.500. The van der Waals surface area contributed by atoms with E-state index < -0.39 is 0 Å².